The average Bonchev–Trinajstić information content (AvgIpc) is 2.60. The second kappa shape index (κ2) is 6.08. The second-order valence-corrected chi connectivity index (χ2v) is 5.18. The van der Waals surface area contributed by atoms with E-state index >= 15 is 0 Å². The first kappa shape index (κ1) is 15.0. The zero-order chi connectivity index (χ0) is 16.4. The summed E-state index contributed by atoms with van der Waals surface area (Å²) < 4.78 is 10.3. The highest BCUT2D eigenvalue weighted by Gasteiger charge is 2.35. The molecule has 0 saturated heterocycles. The molecule has 118 valence electrons. The van der Waals surface area contributed by atoms with Crippen molar-refractivity contribution in [2.45, 2.75) is 12.6 Å². The van der Waals surface area contributed by atoms with E-state index in [9.17, 15) is 10.1 Å². The lowest BCUT2D eigenvalue weighted by Gasteiger charge is -2.21. The Bertz CT molecular complexity index is 769. The van der Waals surface area contributed by atoms with Crippen LogP contribution in [-0.2, 0) is 6.54 Å². The molecule has 2 aromatic rings. The number of methoxy groups -OCH3 is 2. The van der Waals surface area contributed by atoms with Crippen molar-refractivity contribution in [1.82, 2.24) is 0 Å². The minimum Gasteiger partial charge on any atom is -0.497 e. The first-order valence-electron chi connectivity index (χ1n) is 7.13. The third-order valence-electron chi connectivity index (χ3n) is 3.92. The monoisotopic (exact) mass is 312 g/mol. The largest absolute Gasteiger partial charge is 0.497 e. The van der Waals surface area contributed by atoms with Gasteiger partial charge in [-0.1, -0.05) is 0 Å². The number of ether oxygens (including phenoxy) is 2. The Balaban J connectivity index is 2.04. The fourth-order valence-corrected chi connectivity index (χ4v) is 2.74. The molecule has 1 aliphatic rings. The highest BCUT2D eigenvalue weighted by molar-refractivity contribution is 6.05. The van der Waals surface area contributed by atoms with Gasteiger partial charge in [0.25, 0.3) is 6.04 Å². The Morgan fingerprint density at radius 2 is 1.74 bits per heavy atom. The number of benzene rings is 2. The van der Waals surface area contributed by atoms with E-state index in [0.29, 0.717) is 29.3 Å². The zero-order valence-corrected chi connectivity index (χ0v) is 12.9. The lowest BCUT2D eigenvalue weighted by Crippen LogP contribution is -2.26. The van der Waals surface area contributed by atoms with Crippen molar-refractivity contribution in [3.63, 3.8) is 0 Å². The van der Waals surface area contributed by atoms with Gasteiger partial charge in [0.2, 0.25) is 0 Å². The third kappa shape index (κ3) is 2.75. The summed E-state index contributed by atoms with van der Waals surface area (Å²) in [5.41, 5.74) is 2.68. The van der Waals surface area contributed by atoms with Gasteiger partial charge in [-0.3, -0.25) is 15.1 Å². The summed E-state index contributed by atoms with van der Waals surface area (Å²) in [6.45, 7) is 0.401. The molecule has 1 unspecified atom stereocenters. The van der Waals surface area contributed by atoms with Gasteiger partial charge in [0, 0.05) is 16.1 Å². The molecule has 0 fully saturated rings. The Hall–Kier alpha value is -2.89. The third-order valence-corrected chi connectivity index (χ3v) is 3.92. The maximum absolute atomic E-state index is 11.6. The lowest BCUT2D eigenvalue weighted by molar-refractivity contribution is -0.508. The van der Waals surface area contributed by atoms with Crippen molar-refractivity contribution in [3.05, 3.63) is 69.3 Å². The first-order valence-corrected chi connectivity index (χ1v) is 7.13. The maximum Gasteiger partial charge on any atom is 0.280 e. The number of rotatable bonds is 4. The summed E-state index contributed by atoms with van der Waals surface area (Å²) >= 11 is 0. The smallest absolute Gasteiger partial charge is 0.280 e. The Morgan fingerprint density at radius 3 is 2.35 bits per heavy atom. The Morgan fingerprint density at radius 1 is 1.09 bits per heavy atom. The molecule has 2 aromatic carbocycles. The normalized spacial score (nSPS) is 16.3. The van der Waals surface area contributed by atoms with Gasteiger partial charge in [-0.25, -0.2) is 0 Å². The first-order chi connectivity index (χ1) is 11.1. The molecule has 0 spiro atoms. The molecule has 1 atom stereocenters. The molecule has 0 saturated carbocycles. The Labute approximate surface area is 133 Å². The molecule has 0 N–H and O–H groups in total. The number of hydrogen-bond donors (Lipinski definition) is 0. The zero-order valence-electron chi connectivity index (χ0n) is 12.9. The molecule has 0 aromatic heterocycles. The van der Waals surface area contributed by atoms with Gasteiger partial charge < -0.3 is 9.47 Å². The molecule has 6 nitrogen and oxygen atoms in total. The van der Waals surface area contributed by atoms with Crippen molar-refractivity contribution in [2.75, 3.05) is 14.2 Å². The summed E-state index contributed by atoms with van der Waals surface area (Å²) in [5, 5.41) is 11.6. The quantitative estimate of drug-likeness (QED) is 0.642. The van der Waals surface area contributed by atoms with Crippen LogP contribution in [0.5, 0.6) is 11.5 Å². The summed E-state index contributed by atoms with van der Waals surface area (Å²) in [7, 11) is 3.15. The predicted molar refractivity (Wildman–Crippen MR) is 86.0 cm³/mol. The minimum atomic E-state index is -0.974. The van der Waals surface area contributed by atoms with Crippen molar-refractivity contribution < 1.29 is 14.4 Å². The number of nitrogens with zero attached hydrogens (tertiary/aromatic N) is 2. The number of aliphatic imine (C=N–C) groups is 1. The van der Waals surface area contributed by atoms with Crippen LogP contribution in [0.25, 0.3) is 0 Å². The molecule has 23 heavy (non-hydrogen) atoms. The van der Waals surface area contributed by atoms with Crippen LogP contribution >= 0.6 is 0 Å². The molecule has 0 amide bonds. The fourth-order valence-electron chi connectivity index (χ4n) is 2.74. The van der Waals surface area contributed by atoms with Gasteiger partial charge in [0.05, 0.1) is 20.8 Å². The van der Waals surface area contributed by atoms with E-state index in [-0.39, 0.29) is 4.92 Å². The van der Waals surface area contributed by atoms with Crippen molar-refractivity contribution >= 4 is 5.71 Å². The molecule has 1 aliphatic heterocycles. The van der Waals surface area contributed by atoms with E-state index in [2.05, 4.69) is 4.99 Å². The molecule has 0 radical (unpaired) electrons. The van der Waals surface area contributed by atoms with Gasteiger partial charge in [0.15, 0.2) is 0 Å². The van der Waals surface area contributed by atoms with Crippen LogP contribution in [0, 0.1) is 10.1 Å². The lowest BCUT2D eigenvalue weighted by atomic mass is 9.90. The van der Waals surface area contributed by atoms with Crippen LogP contribution in [0.3, 0.4) is 0 Å². The van der Waals surface area contributed by atoms with Crippen LogP contribution in [0.15, 0.2) is 47.5 Å². The van der Waals surface area contributed by atoms with Crippen molar-refractivity contribution in [1.29, 1.82) is 0 Å². The SMILES string of the molecule is COc1ccc(C2=NCc3cc(OC)ccc3C2[N+](=O)[O-])cc1. The van der Waals surface area contributed by atoms with Gasteiger partial charge in [-0.15, -0.1) is 0 Å². The highest BCUT2D eigenvalue weighted by atomic mass is 16.6. The maximum atomic E-state index is 11.6. The van der Waals surface area contributed by atoms with E-state index in [1.165, 1.54) is 0 Å². The Kier molecular flexibility index (Phi) is 3.97. The van der Waals surface area contributed by atoms with Crippen LogP contribution in [0.2, 0.25) is 0 Å². The van der Waals surface area contributed by atoms with E-state index in [1.807, 2.05) is 0 Å². The molecule has 0 aliphatic carbocycles. The van der Waals surface area contributed by atoms with Gasteiger partial charge in [0.1, 0.15) is 17.2 Å². The number of hydrogen-bond acceptors (Lipinski definition) is 5. The summed E-state index contributed by atoms with van der Waals surface area (Å²) in [6.07, 6.45) is 0. The average molecular weight is 312 g/mol. The van der Waals surface area contributed by atoms with E-state index in [0.717, 1.165) is 11.1 Å². The van der Waals surface area contributed by atoms with Crippen LogP contribution in [0.4, 0.5) is 0 Å². The number of fused-ring (bicyclic) bond motifs is 1. The summed E-state index contributed by atoms with van der Waals surface area (Å²) in [5.74, 6) is 1.38. The van der Waals surface area contributed by atoms with E-state index < -0.39 is 6.04 Å². The molecule has 3 rings (SSSR count). The summed E-state index contributed by atoms with van der Waals surface area (Å²) in [4.78, 5) is 15.8. The molecular formula is C17H16N2O4. The van der Waals surface area contributed by atoms with Crippen LogP contribution in [-0.4, -0.2) is 24.9 Å². The van der Waals surface area contributed by atoms with Crippen LogP contribution < -0.4 is 9.47 Å². The molecule has 1 heterocycles. The van der Waals surface area contributed by atoms with Crippen molar-refractivity contribution in [2.24, 2.45) is 4.99 Å². The summed E-state index contributed by atoms with van der Waals surface area (Å²) in [6, 6.07) is 11.5. The minimum absolute atomic E-state index is 0.298. The van der Waals surface area contributed by atoms with Gasteiger partial charge in [-0.2, -0.15) is 0 Å². The highest BCUT2D eigenvalue weighted by Crippen LogP contribution is 2.33. The number of nitro groups is 1. The van der Waals surface area contributed by atoms with E-state index in [1.54, 1.807) is 56.7 Å². The molecule has 0 bridgehead atoms. The molecule has 6 heteroatoms. The van der Waals surface area contributed by atoms with Gasteiger partial charge in [-0.05, 0) is 48.0 Å². The standard InChI is InChI=1S/C17H16N2O4/c1-22-13-5-3-11(4-6-13)16-17(19(20)21)15-8-7-14(23-2)9-12(15)10-18-16/h3-9,17H,10H2,1-2H3. The van der Waals surface area contributed by atoms with Crippen LogP contribution in [0.1, 0.15) is 22.7 Å². The molecular weight excluding hydrogens is 296 g/mol. The van der Waals surface area contributed by atoms with E-state index in [4.69, 9.17) is 9.47 Å². The second-order valence-electron chi connectivity index (χ2n) is 5.18. The van der Waals surface area contributed by atoms with Gasteiger partial charge >= 0.3 is 0 Å². The topological polar surface area (TPSA) is 74.0 Å². The fraction of sp³-hybridized carbons (Fsp3) is 0.235. The van der Waals surface area contributed by atoms with Crippen molar-refractivity contribution in [3.8, 4) is 11.5 Å². The predicted octanol–water partition coefficient (Wildman–Crippen LogP) is 3.02.